The number of benzene rings is 2. The predicted octanol–water partition coefficient (Wildman–Crippen LogP) is 3.99. The van der Waals surface area contributed by atoms with E-state index < -0.39 is 15.8 Å². The van der Waals surface area contributed by atoms with E-state index in [9.17, 15) is 17.6 Å². The molecule has 1 fully saturated rings. The van der Waals surface area contributed by atoms with Gasteiger partial charge in [-0.2, -0.15) is 4.31 Å². The Bertz CT molecular complexity index is 934. The van der Waals surface area contributed by atoms with Gasteiger partial charge in [-0.3, -0.25) is 4.79 Å². The van der Waals surface area contributed by atoms with E-state index in [2.05, 4.69) is 19.2 Å². The van der Waals surface area contributed by atoms with Crippen molar-refractivity contribution in [3.8, 4) is 0 Å². The molecular weight excluding hydrogens is 379 g/mol. The van der Waals surface area contributed by atoms with Crippen molar-refractivity contribution in [1.29, 1.82) is 0 Å². The monoisotopic (exact) mass is 404 g/mol. The van der Waals surface area contributed by atoms with Gasteiger partial charge in [0.15, 0.2) is 0 Å². The normalized spacial score (nSPS) is 16.3. The molecule has 0 aromatic heterocycles. The molecule has 0 unspecified atom stereocenters. The van der Waals surface area contributed by atoms with Gasteiger partial charge in [0.05, 0.1) is 0 Å². The molecule has 150 valence electrons. The Hall–Kier alpha value is -2.25. The molecule has 0 spiro atoms. The van der Waals surface area contributed by atoms with E-state index in [-0.39, 0.29) is 29.8 Å². The molecule has 1 aliphatic heterocycles. The van der Waals surface area contributed by atoms with E-state index in [4.69, 9.17) is 0 Å². The number of nitrogens with one attached hydrogen (secondary N) is 1. The summed E-state index contributed by atoms with van der Waals surface area (Å²) in [5.74, 6) is -0.713. The summed E-state index contributed by atoms with van der Waals surface area (Å²) in [5, 5.41) is 2.91. The molecule has 0 radical (unpaired) electrons. The van der Waals surface area contributed by atoms with E-state index in [0.29, 0.717) is 18.8 Å². The standard InChI is InChI=1S/C21H25FN2O3S/c1-15(2)16-7-9-18(10-8-16)23-21(25)17-11-13-24(14-12-17)28(26,27)20-6-4-3-5-19(20)22/h3-10,15,17H,11-14H2,1-2H3,(H,23,25). The Balaban J connectivity index is 1.60. The van der Waals surface area contributed by atoms with E-state index in [0.717, 1.165) is 11.8 Å². The molecule has 0 bridgehead atoms. The van der Waals surface area contributed by atoms with Gasteiger partial charge in [0.1, 0.15) is 10.7 Å². The molecular formula is C21H25FN2O3S. The zero-order valence-electron chi connectivity index (χ0n) is 16.1. The van der Waals surface area contributed by atoms with Crippen LogP contribution < -0.4 is 5.32 Å². The molecule has 0 atom stereocenters. The van der Waals surface area contributed by atoms with Crippen LogP contribution in [0.15, 0.2) is 53.4 Å². The number of carbonyl (C=O) groups excluding carboxylic acids is 1. The summed E-state index contributed by atoms with van der Waals surface area (Å²) >= 11 is 0. The maximum absolute atomic E-state index is 13.9. The number of anilines is 1. The fourth-order valence-electron chi connectivity index (χ4n) is 3.35. The van der Waals surface area contributed by atoms with Crippen molar-refractivity contribution >= 4 is 21.6 Å². The molecule has 2 aromatic carbocycles. The summed E-state index contributed by atoms with van der Waals surface area (Å²) in [6.07, 6.45) is 0.813. The van der Waals surface area contributed by atoms with Gasteiger partial charge >= 0.3 is 0 Å². The second-order valence-electron chi connectivity index (χ2n) is 7.37. The predicted molar refractivity (Wildman–Crippen MR) is 107 cm³/mol. The molecule has 7 heteroatoms. The van der Waals surface area contributed by atoms with Gasteiger partial charge in [-0.1, -0.05) is 38.1 Å². The van der Waals surface area contributed by atoms with Crippen molar-refractivity contribution in [2.75, 3.05) is 18.4 Å². The molecule has 1 heterocycles. The first-order valence-corrected chi connectivity index (χ1v) is 10.9. The van der Waals surface area contributed by atoms with Gasteiger partial charge < -0.3 is 5.32 Å². The Morgan fingerprint density at radius 2 is 1.68 bits per heavy atom. The van der Waals surface area contributed by atoms with Crippen LogP contribution in [0.2, 0.25) is 0 Å². The first kappa shape index (κ1) is 20.5. The van der Waals surface area contributed by atoms with Crippen LogP contribution in [0.3, 0.4) is 0 Å². The number of sulfonamides is 1. The lowest BCUT2D eigenvalue weighted by Gasteiger charge is -2.30. The molecule has 1 saturated heterocycles. The Kier molecular flexibility index (Phi) is 6.15. The highest BCUT2D eigenvalue weighted by atomic mass is 32.2. The summed E-state index contributed by atoms with van der Waals surface area (Å²) in [6, 6.07) is 13.1. The van der Waals surface area contributed by atoms with Gasteiger partial charge in [-0.15, -0.1) is 0 Å². The Morgan fingerprint density at radius 1 is 1.07 bits per heavy atom. The minimum atomic E-state index is -3.89. The first-order chi connectivity index (χ1) is 13.3. The van der Waals surface area contributed by atoms with Crippen LogP contribution in [0.5, 0.6) is 0 Å². The first-order valence-electron chi connectivity index (χ1n) is 9.44. The fourth-order valence-corrected chi connectivity index (χ4v) is 4.88. The summed E-state index contributed by atoms with van der Waals surface area (Å²) in [5.41, 5.74) is 1.93. The third kappa shape index (κ3) is 4.42. The second kappa shape index (κ2) is 8.41. The lowest BCUT2D eigenvalue weighted by atomic mass is 9.97. The number of hydrogen-bond acceptors (Lipinski definition) is 3. The second-order valence-corrected chi connectivity index (χ2v) is 9.28. The third-order valence-electron chi connectivity index (χ3n) is 5.12. The number of hydrogen-bond donors (Lipinski definition) is 1. The molecule has 0 saturated carbocycles. The fraction of sp³-hybridized carbons (Fsp3) is 0.381. The zero-order valence-corrected chi connectivity index (χ0v) is 16.9. The molecule has 2 aromatic rings. The number of nitrogens with zero attached hydrogens (tertiary/aromatic N) is 1. The van der Waals surface area contributed by atoms with Crippen LogP contribution in [0.1, 0.15) is 38.2 Å². The Labute approximate surface area is 165 Å². The number of carbonyl (C=O) groups is 1. The molecule has 1 amide bonds. The number of piperidine rings is 1. The van der Waals surface area contributed by atoms with Crippen LogP contribution in [0.4, 0.5) is 10.1 Å². The Morgan fingerprint density at radius 3 is 2.25 bits per heavy atom. The molecule has 28 heavy (non-hydrogen) atoms. The number of halogens is 1. The smallest absolute Gasteiger partial charge is 0.245 e. The van der Waals surface area contributed by atoms with E-state index >= 15 is 0 Å². The number of rotatable bonds is 5. The summed E-state index contributed by atoms with van der Waals surface area (Å²) < 4.78 is 40.4. The molecule has 1 aliphatic rings. The van der Waals surface area contributed by atoms with Gasteiger partial charge in [0, 0.05) is 24.7 Å². The van der Waals surface area contributed by atoms with Crippen LogP contribution in [0.25, 0.3) is 0 Å². The number of amides is 1. The molecule has 1 N–H and O–H groups in total. The average molecular weight is 405 g/mol. The lowest BCUT2D eigenvalue weighted by Crippen LogP contribution is -2.41. The van der Waals surface area contributed by atoms with Crippen molar-refractivity contribution in [1.82, 2.24) is 4.31 Å². The largest absolute Gasteiger partial charge is 0.326 e. The van der Waals surface area contributed by atoms with Crippen molar-refractivity contribution in [3.63, 3.8) is 0 Å². The van der Waals surface area contributed by atoms with Crippen molar-refractivity contribution < 1.29 is 17.6 Å². The van der Waals surface area contributed by atoms with Crippen LogP contribution in [-0.2, 0) is 14.8 Å². The highest BCUT2D eigenvalue weighted by Gasteiger charge is 2.33. The van der Waals surface area contributed by atoms with Gasteiger partial charge in [0.25, 0.3) is 0 Å². The van der Waals surface area contributed by atoms with E-state index in [1.54, 1.807) is 0 Å². The van der Waals surface area contributed by atoms with E-state index in [1.807, 2.05) is 24.3 Å². The quantitative estimate of drug-likeness (QED) is 0.819. The van der Waals surface area contributed by atoms with Crippen LogP contribution >= 0.6 is 0 Å². The highest BCUT2D eigenvalue weighted by Crippen LogP contribution is 2.26. The minimum absolute atomic E-state index is 0.111. The highest BCUT2D eigenvalue weighted by molar-refractivity contribution is 7.89. The van der Waals surface area contributed by atoms with Gasteiger partial charge in [0.2, 0.25) is 15.9 Å². The lowest BCUT2D eigenvalue weighted by molar-refractivity contribution is -0.120. The van der Waals surface area contributed by atoms with Crippen molar-refractivity contribution in [2.45, 2.75) is 37.5 Å². The molecule has 5 nitrogen and oxygen atoms in total. The average Bonchev–Trinajstić information content (AvgIpc) is 2.68. The molecule has 0 aliphatic carbocycles. The van der Waals surface area contributed by atoms with Crippen molar-refractivity contribution in [2.24, 2.45) is 5.92 Å². The third-order valence-corrected chi connectivity index (χ3v) is 7.06. The summed E-state index contributed by atoms with van der Waals surface area (Å²) in [4.78, 5) is 12.2. The van der Waals surface area contributed by atoms with Gasteiger partial charge in [-0.05, 0) is 48.6 Å². The minimum Gasteiger partial charge on any atom is -0.326 e. The van der Waals surface area contributed by atoms with E-state index in [1.165, 1.54) is 28.1 Å². The maximum Gasteiger partial charge on any atom is 0.245 e. The zero-order chi connectivity index (χ0) is 20.3. The summed E-state index contributed by atoms with van der Waals surface area (Å²) in [6.45, 7) is 4.61. The maximum atomic E-state index is 13.9. The van der Waals surface area contributed by atoms with Crippen LogP contribution in [-0.4, -0.2) is 31.7 Å². The molecule has 3 rings (SSSR count). The SMILES string of the molecule is CC(C)c1ccc(NC(=O)C2CCN(S(=O)(=O)c3ccccc3F)CC2)cc1. The van der Waals surface area contributed by atoms with Crippen molar-refractivity contribution in [3.05, 3.63) is 59.9 Å². The van der Waals surface area contributed by atoms with Crippen LogP contribution in [0, 0.1) is 11.7 Å². The van der Waals surface area contributed by atoms with Gasteiger partial charge in [-0.25, -0.2) is 12.8 Å². The summed E-state index contributed by atoms with van der Waals surface area (Å²) in [7, 11) is -3.89. The topological polar surface area (TPSA) is 66.5 Å².